The van der Waals surface area contributed by atoms with Crippen LogP contribution in [0.25, 0.3) is 11.4 Å². The Labute approximate surface area is 128 Å². The number of hydrogen-bond acceptors (Lipinski definition) is 4. The number of nitrogens with zero attached hydrogens (tertiary/aromatic N) is 3. The third kappa shape index (κ3) is 3.64. The number of carboxylic acids is 1. The summed E-state index contributed by atoms with van der Waals surface area (Å²) in [5.41, 5.74) is 2.15. The highest BCUT2D eigenvalue weighted by Gasteiger charge is 2.21. The molecule has 0 saturated heterocycles. The fourth-order valence-electron chi connectivity index (χ4n) is 2.07. The number of aryl methyl sites for hydroxylation is 1. The van der Waals surface area contributed by atoms with Gasteiger partial charge in [0.2, 0.25) is 0 Å². The second-order valence-corrected chi connectivity index (χ2v) is 6.76. The monoisotopic (exact) mass is 305 g/mol. The quantitative estimate of drug-likeness (QED) is 0.880. The van der Waals surface area contributed by atoms with Crippen LogP contribution in [0.4, 0.5) is 0 Å². The fraction of sp³-hybridized carbons (Fsp3) is 0.400. The first-order valence-corrected chi connectivity index (χ1v) is 7.63. The van der Waals surface area contributed by atoms with E-state index in [-0.39, 0.29) is 11.2 Å². The van der Waals surface area contributed by atoms with Crippen molar-refractivity contribution in [1.82, 2.24) is 14.8 Å². The van der Waals surface area contributed by atoms with Crippen molar-refractivity contribution in [3.05, 3.63) is 29.8 Å². The van der Waals surface area contributed by atoms with Gasteiger partial charge in [0.05, 0.1) is 5.75 Å². The van der Waals surface area contributed by atoms with E-state index in [1.165, 1.54) is 17.3 Å². The lowest BCUT2D eigenvalue weighted by molar-refractivity contribution is -0.133. The average molecular weight is 305 g/mol. The zero-order valence-electron chi connectivity index (χ0n) is 12.6. The Morgan fingerprint density at radius 3 is 2.62 bits per heavy atom. The Kier molecular flexibility index (Phi) is 4.37. The van der Waals surface area contributed by atoms with Gasteiger partial charge in [-0.05, 0) is 11.0 Å². The molecule has 21 heavy (non-hydrogen) atoms. The first-order chi connectivity index (χ1) is 9.79. The predicted molar refractivity (Wildman–Crippen MR) is 83.5 cm³/mol. The molecule has 0 aliphatic heterocycles. The lowest BCUT2D eigenvalue weighted by Gasteiger charge is -2.21. The van der Waals surface area contributed by atoms with Crippen LogP contribution in [-0.2, 0) is 17.3 Å². The number of aromatic nitrogens is 3. The summed E-state index contributed by atoms with van der Waals surface area (Å²) >= 11 is 1.17. The number of carbonyl (C=O) groups is 1. The largest absolute Gasteiger partial charge is 0.481 e. The Morgan fingerprint density at radius 2 is 2.00 bits per heavy atom. The van der Waals surface area contributed by atoms with Crippen molar-refractivity contribution in [3.63, 3.8) is 0 Å². The lowest BCUT2D eigenvalue weighted by atomic mass is 9.83. The van der Waals surface area contributed by atoms with Gasteiger partial charge in [-0.3, -0.25) is 4.79 Å². The minimum Gasteiger partial charge on any atom is -0.481 e. The Balaban J connectivity index is 2.40. The van der Waals surface area contributed by atoms with Crippen LogP contribution in [-0.4, -0.2) is 31.6 Å². The Morgan fingerprint density at radius 1 is 1.33 bits per heavy atom. The number of rotatable bonds is 4. The van der Waals surface area contributed by atoms with E-state index in [9.17, 15) is 4.79 Å². The van der Waals surface area contributed by atoms with Crippen LogP contribution in [0.15, 0.2) is 29.4 Å². The fourth-order valence-corrected chi connectivity index (χ4v) is 2.70. The van der Waals surface area contributed by atoms with Gasteiger partial charge in [-0.1, -0.05) is 56.8 Å². The summed E-state index contributed by atoms with van der Waals surface area (Å²) < 4.78 is 1.63. The van der Waals surface area contributed by atoms with Crippen molar-refractivity contribution >= 4 is 17.7 Å². The summed E-state index contributed by atoms with van der Waals surface area (Å²) in [6.07, 6.45) is 0. The molecule has 5 nitrogen and oxygen atoms in total. The first-order valence-electron chi connectivity index (χ1n) is 6.64. The molecule has 0 aliphatic carbocycles. The van der Waals surface area contributed by atoms with Gasteiger partial charge >= 0.3 is 5.97 Å². The highest BCUT2D eigenvalue weighted by Crippen LogP contribution is 2.32. The van der Waals surface area contributed by atoms with E-state index in [1.807, 2.05) is 18.2 Å². The second kappa shape index (κ2) is 5.89. The van der Waals surface area contributed by atoms with E-state index in [0.29, 0.717) is 11.0 Å². The molecule has 0 unspecified atom stereocenters. The van der Waals surface area contributed by atoms with Crippen LogP contribution in [0.3, 0.4) is 0 Å². The molecule has 0 bridgehead atoms. The van der Waals surface area contributed by atoms with Crippen LogP contribution in [0.1, 0.15) is 26.3 Å². The van der Waals surface area contributed by atoms with E-state index >= 15 is 0 Å². The number of benzene rings is 1. The molecule has 0 saturated carbocycles. The first kappa shape index (κ1) is 15.6. The standard InChI is InChI=1S/C15H19N3O2S/c1-15(2,3)11-8-6-5-7-10(11)13-16-14(18(4)17-13)21-9-12(19)20/h5-8H,9H2,1-4H3,(H,19,20). The molecule has 0 atom stereocenters. The molecule has 1 heterocycles. The molecule has 2 rings (SSSR count). The topological polar surface area (TPSA) is 68.0 Å². The Bertz CT molecular complexity index is 659. The van der Waals surface area contributed by atoms with Gasteiger partial charge in [-0.25, -0.2) is 9.67 Å². The van der Waals surface area contributed by atoms with Crippen LogP contribution < -0.4 is 0 Å². The molecule has 6 heteroatoms. The molecular formula is C15H19N3O2S. The molecule has 2 aromatic rings. The summed E-state index contributed by atoms with van der Waals surface area (Å²) in [4.78, 5) is 15.1. The molecule has 0 fully saturated rings. The summed E-state index contributed by atoms with van der Waals surface area (Å²) in [5, 5.41) is 13.8. The normalized spacial score (nSPS) is 11.6. The van der Waals surface area contributed by atoms with Crippen molar-refractivity contribution in [2.45, 2.75) is 31.3 Å². The molecular weight excluding hydrogens is 286 g/mol. The molecule has 0 radical (unpaired) electrons. The van der Waals surface area contributed by atoms with Crippen LogP contribution in [0, 0.1) is 0 Å². The van der Waals surface area contributed by atoms with Gasteiger partial charge in [0.25, 0.3) is 0 Å². The van der Waals surface area contributed by atoms with Gasteiger partial charge in [-0.2, -0.15) is 5.10 Å². The number of hydrogen-bond donors (Lipinski definition) is 1. The molecule has 1 aromatic heterocycles. The Hall–Kier alpha value is -1.82. The van der Waals surface area contributed by atoms with E-state index in [4.69, 9.17) is 5.11 Å². The van der Waals surface area contributed by atoms with Crippen molar-refractivity contribution < 1.29 is 9.90 Å². The van der Waals surface area contributed by atoms with Crippen LogP contribution >= 0.6 is 11.8 Å². The van der Waals surface area contributed by atoms with Crippen LogP contribution in [0.2, 0.25) is 0 Å². The van der Waals surface area contributed by atoms with Gasteiger partial charge in [-0.15, -0.1) is 0 Å². The maximum Gasteiger partial charge on any atom is 0.313 e. The summed E-state index contributed by atoms with van der Waals surface area (Å²) in [7, 11) is 1.78. The third-order valence-corrected chi connectivity index (χ3v) is 4.03. The van der Waals surface area contributed by atoms with Crippen LogP contribution in [0.5, 0.6) is 0 Å². The minimum atomic E-state index is -0.861. The van der Waals surface area contributed by atoms with Gasteiger partial charge in [0.15, 0.2) is 11.0 Å². The molecule has 0 spiro atoms. The highest BCUT2D eigenvalue weighted by atomic mass is 32.2. The number of thioether (sulfide) groups is 1. The summed E-state index contributed by atoms with van der Waals surface area (Å²) in [6.45, 7) is 6.44. The summed E-state index contributed by atoms with van der Waals surface area (Å²) in [5.74, 6) is -0.247. The molecule has 0 amide bonds. The molecule has 0 aliphatic rings. The van der Waals surface area contributed by atoms with E-state index < -0.39 is 5.97 Å². The molecule has 1 aromatic carbocycles. The second-order valence-electron chi connectivity index (χ2n) is 5.82. The average Bonchev–Trinajstić information content (AvgIpc) is 2.77. The number of carboxylic acid groups (broad SMARTS) is 1. The number of aliphatic carboxylic acids is 1. The lowest BCUT2D eigenvalue weighted by Crippen LogP contribution is -2.12. The third-order valence-electron chi connectivity index (χ3n) is 3.02. The van der Waals surface area contributed by atoms with Gasteiger partial charge < -0.3 is 5.11 Å². The van der Waals surface area contributed by atoms with Crippen molar-refractivity contribution in [1.29, 1.82) is 0 Å². The highest BCUT2D eigenvalue weighted by molar-refractivity contribution is 7.99. The van der Waals surface area contributed by atoms with E-state index in [2.05, 4.69) is 36.9 Å². The van der Waals surface area contributed by atoms with Gasteiger partial charge in [0, 0.05) is 12.6 Å². The van der Waals surface area contributed by atoms with Crippen molar-refractivity contribution in [3.8, 4) is 11.4 Å². The zero-order valence-corrected chi connectivity index (χ0v) is 13.4. The van der Waals surface area contributed by atoms with E-state index in [0.717, 1.165) is 5.56 Å². The molecule has 112 valence electrons. The van der Waals surface area contributed by atoms with Gasteiger partial charge in [0.1, 0.15) is 0 Å². The zero-order chi connectivity index (χ0) is 15.6. The summed E-state index contributed by atoms with van der Waals surface area (Å²) in [6, 6.07) is 8.05. The van der Waals surface area contributed by atoms with Crippen molar-refractivity contribution in [2.24, 2.45) is 7.05 Å². The minimum absolute atomic E-state index is 0.00976. The smallest absolute Gasteiger partial charge is 0.313 e. The van der Waals surface area contributed by atoms with Crippen molar-refractivity contribution in [2.75, 3.05) is 5.75 Å². The SMILES string of the molecule is Cn1nc(-c2ccccc2C(C)(C)C)nc1SCC(=O)O. The molecule has 1 N–H and O–H groups in total. The maximum atomic E-state index is 10.7. The predicted octanol–water partition coefficient (Wildman–Crippen LogP) is 2.96. The van der Waals surface area contributed by atoms with E-state index in [1.54, 1.807) is 11.7 Å². The maximum absolute atomic E-state index is 10.7.